The van der Waals surface area contributed by atoms with Crippen molar-refractivity contribution in [3.05, 3.63) is 17.8 Å². The van der Waals surface area contributed by atoms with Crippen molar-refractivity contribution in [1.29, 1.82) is 0 Å². The first-order valence-electron chi connectivity index (χ1n) is 5.86. The highest BCUT2D eigenvalue weighted by Crippen LogP contribution is 2.15. The molecule has 0 aromatic carbocycles. The molecule has 1 rings (SSSR count). The Kier molecular flexibility index (Phi) is 5.71. The SMILES string of the molecule is COC(=O)c1cc(NCCCNS(C)(=O)=O)ncc1N. The van der Waals surface area contributed by atoms with Crippen LogP contribution in [0.25, 0.3) is 0 Å². The third-order valence-corrected chi connectivity index (χ3v) is 3.09. The van der Waals surface area contributed by atoms with E-state index in [-0.39, 0.29) is 11.3 Å². The number of rotatable bonds is 7. The fraction of sp³-hybridized carbons (Fsp3) is 0.455. The van der Waals surface area contributed by atoms with Gasteiger partial charge in [-0.15, -0.1) is 0 Å². The number of nitrogens with zero attached hydrogens (tertiary/aromatic N) is 1. The van der Waals surface area contributed by atoms with Crippen molar-refractivity contribution in [2.24, 2.45) is 0 Å². The lowest BCUT2D eigenvalue weighted by Crippen LogP contribution is -2.24. The molecule has 20 heavy (non-hydrogen) atoms. The van der Waals surface area contributed by atoms with E-state index < -0.39 is 16.0 Å². The molecule has 0 atom stereocenters. The van der Waals surface area contributed by atoms with Crippen molar-refractivity contribution in [2.45, 2.75) is 6.42 Å². The zero-order chi connectivity index (χ0) is 15.2. The van der Waals surface area contributed by atoms with Crippen molar-refractivity contribution >= 4 is 27.5 Å². The van der Waals surface area contributed by atoms with E-state index in [0.29, 0.717) is 25.3 Å². The number of anilines is 2. The van der Waals surface area contributed by atoms with Crippen molar-refractivity contribution in [3.8, 4) is 0 Å². The summed E-state index contributed by atoms with van der Waals surface area (Å²) in [4.78, 5) is 15.5. The molecule has 112 valence electrons. The third kappa shape index (κ3) is 5.41. The van der Waals surface area contributed by atoms with Crippen LogP contribution in [0.3, 0.4) is 0 Å². The van der Waals surface area contributed by atoms with Gasteiger partial charge in [0.15, 0.2) is 0 Å². The van der Waals surface area contributed by atoms with Crippen LogP contribution in [0.1, 0.15) is 16.8 Å². The predicted molar refractivity (Wildman–Crippen MR) is 75.9 cm³/mol. The van der Waals surface area contributed by atoms with Gasteiger partial charge in [-0.05, 0) is 12.5 Å². The highest BCUT2D eigenvalue weighted by molar-refractivity contribution is 7.88. The summed E-state index contributed by atoms with van der Waals surface area (Å²) in [5.74, 6) is -0.0642. The van der Waals surface area contributed by atoms with Gasteiger partial charge < -0.3 is 15.8 Å². The smallest absolute Gasteiger partial charge is 0.340 e. The molecule has 0 aliphatic heterocycles. The lowest BCUT2D eigenvalue weighted by Gasteiger charge is -2.08. The average molecular weight is 302 g/mol. The molecule has 1 heterocycles. The zero-order valence-corrected chi connectivity index (χ0v) is 12.2. The number of ether oxygens (including phenoxy) is 1. The van der Waals surface area contributed by atoms with Crippen molar-refractivity contribution in [2.75, 3.05) is 37.5 Å². The topological polar surface area (TPSA) is 123 Å². The zero-order valence-electron chi connectivity index (χ0n) is 11.3. The third-order valence-electron chi connectivity index (χ3n) is 2.36. The van der Waals surface area contributed by atoms with E-state index in [9.17, 15) is 13.2 Å². The molecule has 0 saturated heterocycles. The van der Waals surface area contributed by atoms with Crippen LogP contribution in [0.4, 0.5) is 11.5 Å². The van der Waals surface area contributed by atoms with Crippen LogP contribution >= 0.6 is 0 Å². The first-order valence-corrected chi connectivity index (χ1v) is 7.75. The Bertz CT molecular complexity index is 574. The Labute approximate surface area is 117 Å². The summed E-state index contributed by atoms with van der Waals surface area (Å²) in [5, 5.41) is 2.97. The van der Waals surface area contributed by atoms with E-state index >= 15 is 0 Å². The van der Waals surface area contributed by atoms with Gasteiger partial charge in [0.05, 0.1) is 30.8 Å². The van der Waals surface area contributed by atoms with Gasteiger partial charge in [0.2, 0.25) is 10.0 Å². The quantitative estimate of drug-likeness (QED) is 0.471. The summed E-state index contributed by atoms with van der Waals surface area (Å²) in [6.45, 7) is 0.824. The molecule has 0 aliphatic carbocycles. The van der Waals surface area contributed by atoms with Crippen LogP contribution in [0.15, 0.2) is 12.3 Å². The van der Waals surface area contributed by atoms with Crippen LogP contribution in [-0.4, -0.2) is 45.8 Å². The number of hydrogen-bond acceptors (Lipinski definition) is 7. The number of nitrogens with two attached hydrogens (primary N) is 1. The summed E-state index contributed by atoms with van der Waals surface area (Å²) < 4.78 is 28.7. The van der Waals surface area contributed by atoms with E-state index in [1.165, 1.54) is 19.4 Å². The number of carbonyl (C=O) groups is 1. The van der Waals surface area contributed by atoms with E-state index in [0.717, 1.165) is 6.26 Å². The normalized spacial score (nSPS) is 11.1. The minimum atomic E-state index is -3.17. The molecular weight excluding hydrogens is 284 g/mol. The molecule has 0 spiro atoms. The van der Waals surface area contributed by atoms with Crippen LogP contribution < -0.4 is 15.8 Å². The van der Waals surface area contributed by atoms with Crippen LogP contribution in [0.2, 0.25) is 0 Å². The van der Waals surface area contributed by atoms with Crippen LogP contribution in [-0.2, 0) is 14.8 Å². The van der Waals surface area contributed by atoms with Gasteiger partial charge in [-0.25, -0.2) is 22.9 Å². The second kappa shape index (κ2) is 7.06. The minimum Gasteiger partial charge on any atom is -0.465 e. The fourth-order valence-electron chi connectivity index (χ4n) is 1.41. The van der Waals surface area contributed by atoms with E-state index in [2.05, 4.69) is 19.8 Å². The van der Waals surface area contributed by atoms with Gasteiger partial charge in [0, 0.05) is 13.1 Å². The van der Waals surface area contributed by atoms with Crippen molar-refractivity contribution in [1.82, 2.24) is 9.71 Å². The Morgan fingerprint density at radius 2 is 2.15 bits per heavy atom. The largest absolute Gasteiger partial charge is 0.465 e. The van der Waals surface area contributed by atoms with Gasteiger partial charge in [-0.1, -0.05) is 0 Å². The first-order chi connectivity index (χ1) is 9.33. The average Bonchev–Trinajstić information content (AvgIpc) is 2.38. The number of methoxy groups -OCH3 is 1. The summed E-state index contributed by atoms with van der Waals surface area (Å²) in [7, 11) is -1.90. The highest BCUT2D eigenvalue weighted by atomic mass is 32.2. The first kappa shape index (κ1) is 16.2. The summed E-state index contributed by atoms with van der Waals surface area (Å²) in [5.41, 5.74) is 6.09. The lowest BCUT2D eigenvalue weighted by atomic mass is 10.2. The Morgan fingerprint density at radius 1 is 1.45 bits per heavy atom. The van der Waals surface area contributed by atoms with Gasteiger partial charge >= 0.3 is 5.97 Å². The van der Waals surface area contributed by atoms with Gasteiger partial charge in [-0.2, -0.15) is 0 Å². The summed E-state index contributed by atoms with van der Waals surface area (Å²) in [6.07, 6.45) is 3.04. The fourth-order valence-corrected chi connectivity index (χ4v) is 1.93. The van der Waals surface area contributed by atoms with Gasteiger partial charge in [-0.3, -0.25) is 0 Å². The maximum Gasteiger partial charge on any atom is 0.340 e. The number of aromatic nitrogens is 1. The number of hydrogen-bond donors (Lipinski definition) is 3. The molecule has 0 amide bonds. The molecule has 4 N–H and O–H groups in total. The highest BCUT2D eigenvalue weighted by Gasteiger charge is 2.11. The predicted octanol–water partition coefficient (Wildman–Crippen LogP) is -0.198. The molecule has 0 aliphatic rings. The maximum absolute atomic E-state index is 11.4. The number of sulfonamides is 1. The number of pyridine rings is 1. The van der Waals surface area contributed by atoms with Gasteiger partial charge in [0.1, 0.15) is 5.82 Å². The summed E-state index contributed by atoms with van der Waals surface area (Å²) >= 11 is 0. The van der Waals surface area contributed by atoms with Gasteiger partial charge in [0.25, 0.3) is 0 Å². The van der Waals surface area contributed by atoms with Crippen LogP contribution in [0.5, 0.6) is 0 Å². The number of esters is 1. The molecule has 0 saturated carbocycles. The van der Waals surface area contributed by atoms with Crippen LogP contribution in [0, 0.1) is 0 Å². The molecule has 0 bridgehead atoms. The summed E-state index contributed by atoms with van der Waals surface area (Å²) in [6, 6.07) is 1.49. The Balaban J connectivity index is 2.51. The standard InChI is InChI=1S/C11H18N4O4S/c1-19-11(16)8-6-10(14-7-9(8)12)13-4-3-5-15-20(2,17)18/h6-7,15H,3-5,12H2,1-2H3,(H,13,14). The second-order valence-corrected chi connectivity index (χ2v) is 5.93. The molecule has 8 nitrogen and oxygen atoms in total. The molecule has 0 unspecified atom stereocenters. The number of nitrogen functional groups attached to an aromatic ring is 1. The molecule has 9 heteroatoms. The van der Waals surface area contributed by atoms with E-state index in [4.69, 9.17) is 5.73 Å². The van der Waals surface area contributed by atoms with E-state index in [1.807, 2.05) is 0 Å². The van der Waals surface area contributed by atoms with Crippen molar-refractivity contribution in [3.63, 3.8) is 0 Å². The minimum absolute atomic E-state index is 0.235. The maximum atomic E-state index is 11.4. The Morgan fingerprint density at radius 3 is 2.75 bits per heavy atom. The molecular formula is C11H18N4O4S. The molecule has 1 aromatic heterocycles. The molecule has 0 radical (unpaired) electrons. The number of nitrogens with one attached hydrogen (secondary N) is 2. The number of carbonyl (C=O) groups excluding carboxylic acids is 1. The Hall–Kier alpha value is -1.87. The molecule has 1 aromatic rings. The lowest BCUT2D eigenvalue weighted by molar-refractivity contribution is 0.0602. The van der Waals surface area contributed by atoms with Crippen molar-refractivity contribution < 1.29 is 17.9 Å². The van der Waals surface area contributed by atoms with E-state index in [1.54, 1.807) is 0 Å². The second-order valence-electron chi connectivity index (χ2n) is 4.10. The monoisotopic (exact) mass is 302 g/mol. The molecule has 0 fully saturated rings.